The molecule has 11 heteroatoms. The topological polar surface area (TPSA) is 168 Å². The van der Waals surface area contributed by atoms with Gasteiger partial charge in [0, 0.05) is 12.0 Å². The van der Waals surface area contributed by atoms with E-state index in [0.29, 0.717) is 19.4 Å². The van der Waals surface area contributed by atoms with Crippen LogP contribution in [0.3, 0.4) is 0 Å². The number of benzene rings is 3. The van der Waals surface area contributed by atoms with E-state index >= 15 is 0 Å². The van der Waals surface area contributed by atoms with Gasteiger partial charge in [-0.05, 0) is 54.1 Å². The van der Waals surface area contributed by atoms with Crippen LogP contribution in [0.1, 0.15) is 46.7 Å². The molecule has 1 aliphatic rings. The Morgan fingerprint density at radius 1 is 0.921 bits per heavy atom. The summed E-state index contributed by atoms with van der Waals surface area (Å²) in [6, 6.07) is 17.4. The Morgan fingerprint density at radius 3 is 2.13 bits per heavy atom. The summed E-state index contributed by atoms with van der Waals surface area (Å²) in [6.45, 7) is 0.394. The van der Waals surface area contributed by atoms with Gasteiger partial charge in [-0.15, -0.1) is 0 Å². The monoisotopic (exact) mass is 518 g/mol. The fraction of sp³-hybridized carbons (Fsp3) is 0.259. The minimum Gasteiger partial charge on any atom is -0.449 e. The number of alkyl carbamates (subject to hydrolysis) is 1. The number of hydrogen-bond acceptors (Lipinski definition) is 8. The van der Waals surface area contributed by atoms with E-state index in [1.807, 2.05) is 48.5 Å². The van der Waals surface area contributed by atoms with Crippen LogP contribution in [0.15, 0.2) is 66.7 Å². The molecule has 1 aliphatic carbocycles. The maximum absolute atomic E-state index is 13.3. The number of hydrogen-bond donors (Lipinski definition) is 2. The van der Waals surface area contributed by atoms with Crippen molar-refractivity contribution in [1.82, 2.24) is 5.32 Å². The van der Waals surface area contributed by atoms with Crippen molar-refractivity contribution in [1.29, 1.82) is 0 Å². The third-order valence-electron chi connectivity index (χ3n) is 6.55. The van der Waals surface area contributed by atoms with Crippen molar-refractivity contribution in [3.05, 3.63) is 104 Å². The number of nitrogens with two attached hydrogens (primary N) is 1. The van der Waals surface area contributed by atoms with Crippen LogP contribution >= 0.6 is 0 Å². The molecule has 0 radical (unpaired) electrons. The lowest BCUT2D eigenvalue weighted by Gasteiger charge is -2.19. The van der Waals surface area contributed by atoms with Crippen molar-refractivity contribution < 1.29 is 24.2 Å². The number of nitro benzene ring substituents is 2. The molecule has 0 saturated heterocycles. The molecule has 196 valence electrons. The summed E-state index contributed by atoms with van der Waals surface area (Å²) in [5, 5.41) is 25.2. The summed E-state index contributed by atoms with van der Waals surface area (Å²) in [7, 11) is 0. The number of ether oxygens (including phenoxy) is 1. The summed E-state index contributed by atoms with van der Waals surface area (Å²) in [5.41, 5.74) is 8.19. The predicted octanol–water partition coefficient (Wildman–Crippen LogP) is 4.72. The van der Waals surface area contributed by atoms with E-state index in [2.05, 4.69) is 5.32 Å². The Labute approximate surface area is 217 Å². The van der Waals surface area contributed by atoms with Gasteiger partial charge in [-0.2, -0.15) is 0 Å². The number of nitro groups is 2. The molecule has 0 aliphatic heterocycles. The molecule has 1 atom stereocenters. The number of non-ortho nitro benzene ring substituents is 1. The quantitative estimate of drug-likeness (QED) is 0.159. The third-order valence-corrected chi connectivity index (χ3v) is 6.55. The summed E-state index contributed by atoms with van der Waals surface area (Å²) in [6.07, 6.45) is 0.354. The molecule has 0 aromatic heterocycles. The highest BCUT2D eigenvalue weighted by Crippen LogP contribution is 2.44. The third kappa shape index (κ3) is 5.52. The number of carbonyl (C=O) groups excluding carboxylic acids is 2. The van der Waals surface area contributed by atoms with Crippen molar-refractivity contribution >= 4 is 23.3 Å². The van der Waals surface area contributed by atoms with Crippen LogP contribution in [-0.4, -0.2) is 40.9 Å². The SMILES string of the molecule is NCCCC[C@H](NC(=O)OCC1c2ccccc2-c2ccccc21)C(=O)c1ccc([N+](=O)[O-])cc1[N+](=O)[O-]. The Balaban J connectivity index is 1.51. The molecule has 11 nitrogen and oxygen atoms in total. The first-order valence-corrected chi connectivity index (χ1v) is 12.1. The number of ketones is 1. The largest absolute Gasteiger partial charge is 0.449 e. The second-order valence-corrected chi connectivity index (χ2v) is 8.89. The second kappa shape index (κ2) is 11.6. The highest BCUT2D eigenvalue weighted by molar-refractivity contribution is 6.04. The van der Waals surface area contributed by atoms with Crippen molar-refractivity contribution in [3.8, 4) is 11.1 Å². The second-order valence-electron chi connectivity index (χ2n) is 8.89. The Morgan fingerprint density at radius 2 is 1.55 bits per heavy atom. The lowest BCUT2D eigenvalue weighted by Crippen LogP contribution is -2.41. The van der Waals surface area contributed by atoms with E-state index in [1.54, 1.807) is 0 Å². The first-order chi connectivity index (χ1) is 18.3. The Bertz CT molecular complexity index is 1350. The normalized spacial score (nSPS) is 12.8. The molecule has 4 rings (SSSR count). The van der Waals surface area contributed by atoms with E-state index in [4.69, 9.17) is 10.5 Å². The number of rotatable bonds is 11. The van der Waals surface area contributed by atoms with Gasteiger partial charge in [-0.25, -0.2) is 4.79 Å². The van der Waals surface area contributed by atoms with Crippen LogP contribution in [0, 0.1) is 20.2 Å². The zero-order valence-electron chi connectivity index (χ0n) is 20.4. The lowest BCUT2D eigenvalue weighted by atomic mass is 9.97. The molecule has 38 heavy (non-hydrogen) atoms. The standard InChI is InChI=1S/C27H26N4O7/c28-14-6-5-11-24(26(32)22-13-12-17(30(34)35)15-25(22)31(36)37)29-27(33)38-16-23-20-9-3-1-7-18(20)19-8-2-4-10-21(19)23/h1-4,7-10,12-13,15,23-24H,5-6,11,14,16,28H2,(H,29,33)/t24-/m0/s1. The summed E-state index contributed by atoms with van der Waals surface area (Å²) >= 11 is 0. The maximum atomic E-state index is 13.3. The van der Waals surface area contributed by atoms with Gasteiger partial charge >= 0.3 is 6.09 Å². The minimum atomic E-state index is -1.14. The van der Waals surface area contributed by atoms with Gasteiger partial charge in [0.1, 0.15) is 6.61 Å². The zero-order valence-corrected chi connectivity index (χ0v) is 20.4. The average molecular weight is 519 g/mol. The van der Waals surface area contributed by atoms with E-state index in [-0.39, 0.29) is 24.5 Å². The van der Waals surface area contributed by atoms with Crippen LogP contribution in [-0.2, 0) is 4.74 Å². The molecule has 0 saturated carbocycles. The molecule has 0 spiro atoms. The molecule has 3 aromatic carbocycles. The number of amides is 1. The van der Waals surface area contributed by atoms with Crippen LogP contribution in [0.2, 0.25) is 0 Å². The zero-order chi connectivity index (χ0) is 27.2. The van der Waals surface area contributed by atoms with Crippen molar-refractivity contribution in [2.24, 2.45) is 5.73 Å². The first kappa shape index (κ1) is 26.4. The molecule has 0 bridgehead atoms. The Kier molecular flexibility index (Phi) is 8.07. The van der Waals surface area contributed by atoms with E-state index in [1.165, 1.54) is 0 Å². The van der Waals surface area contributed by atoms with Gasteiger partial charge < -0.3 is 15.8 Å². The summed E-state index contributed by atoms with van der Waals surface area (Å²) < 4.78 is 5.54. The average Bonchev–Trinajstić information content (AvgIpc) is 3.24. The van der Waals surface area contributed by atoms with Crippen LogP contribution in [0.5, 0.6) is 0 Å². The summed E-state index contributed by atoms with van der Waals surface area (Å²) in [5.74, 6) is -0.924. The van der Waals surface area contributed by atoms with Gasteiger partial charge in [0.05, 0.1) is 27.5 Å². The van der Waals surface area contributed by atoms with Crippen LogP contribution in [0.25, 0.3) is 11.1 Å². The molecule has 0 fully saturated rings. The molecule has 3 aromatic rings. The van der Waals surface area contributed by atoms with Crippen molar-refractivity contribution in [3.63, 3.8) is 0 Å². The van der Waals surface area contributed by atoms with Gasteiger partial charge in [0.2, 0.25) is 0 Å². The molecule has 3 N–H and O–H groups in total. The molecule has 1 amide bonds. The fourth-order valence-corrected chi connectivity index (χ4v) is 4.72. The highest BCUT2D eigenvalue weighted by atomic mass is 16.6. The van der Waals surface area contributed by atoms with Gasteiger partial charge in [-0.1, -0.05) is 48.5 Å². The van der Waals surface area contributed by atoms with E-state index in [9.17, 15) is 29.8 Å². The predicted molar refractivity (Wildman–Crippen MR) is 139 cm³/mol. The fourth-order valence-electron chi connectivity index (χ4n) is 4.72. The van der Waals surface area contributed by atoms with Gasteiger partial charge in [0.15, 0.2) is 5.78 Å². The summed E-state index contributed by atoms with van der Waals surface area (Å²) in [4.78, 5) is 47.1. The highest BCUT2D eigenvalue weighted by Gasteiger charge is 2.32. The first-order valence-electron chi connectivity index (χ1n) is 12.1. The smallest absolute Gasteiger partial charge is 0.407 e. The maximum Gasteiger partial charge on any atom is 0.407 e. The molecular formula is C27H26N4O7. The van der Waals surface area contributed by atoms with Gasteiger partial charge in [-0.3, -0.25) is 25.0 Å². The van der Waals surface area contributed by atoms with E-state index < -0.39 is 39.1 Å². The molecule has 0 unspecified atom stereocenters. The number of unbranched alkanes of at least 4 members (excludes halogenated alkanes) is 1. The molecule has 0 heterocycles. The van der Waals surface area contributed by atoms with E-state index in [0.717, 1.165) is 40.5 Å². The van der Waals surface area contributed by atoms with Crippen LogP contribution < -0.4 is 11.1 Å². The Hall–Kier alpha value is -4.64. The van der Waals surface area contributed by atoms with Crippen LogP contribution in [0.4, 0.5) is 16.2 Å². The van der Waals surface area contributed by atoms with Crippen molar-refractivity contribution in [2.45, 2.75) is 31.2 Å². The molecular weight excluding hydrogens is 492 g/mol. The lowest BCUT2D eigenvalue weighted by molar-refractivity contribution is -0.394. The number of Topliss-reactive ketones (excluding diaryl/α,β-unsaturated/α-hetero) is 1. The van der Waals surface area contributed by atoms with Crippen molar-refractivity contribution in [2.75, 3.05) is 13.2 Å². The number of nitrogens with zero attached hydrogens (tertiary/aromatic N) is 2. The van der Waals surface area contributed by atoms with Gasteiger partial charge in [0.25, 0.3) is 11.4 Å². The number of fused-ring (bicyclic) bond motifs is 3. The number of carbonyl (C=O) groups is 2. The number of nitrogens with one attached hydrogen (secondary N) is 1. The minimum absolute atomic E-state index is 0.0290.